The average molecular weight is 348 g/mol. The number of rotatable bonds is 7. The first-order chi connectivity index (χ1) is 11.1. The fourth-order valence-electron chi connectivity index (χ4n) is 2.23. The van der Waals surface area contributed by atoms with Gasteiger partial charge >= 0.3 is 0 Å². The first kappa shape index (κ1) is 17.9. The number of hydrogen-bond acceptors (Lipinski definition) is 2. The zero-order chi connectivity index (χ0) is 16.7. The molecule has 0 unspecified atom stereocenters. The van der Waals surface area contributed by atoms with Crippen LogP contribution in [0.4, 0.5) is 0 Å². The monoisotopic (exact) mass is 347 g/mol. The van der Waals surface area contributed by atoms with E-state index in [2.05, 4.69) is 24.4 Å². The van der Waals surface area contributed by atoms with Gasteiger partial charge in [-0.3, -0.25) is 4.79 Å². The van der Waals surface area contributed by atoms with Crippen molar-refractivity contribution in [1.82, 2.24) is 5.32 Å². The largest absolute Gasteiger partial charge is 0.353 e. The van der Waals surface area contributed by atoms with Crippen LogP contribution in [0.2, 0.25) is 5.02 Å². The van der Waals surface area contributed by atoms with Gasteiger partial charge in [0.2, 0.25) is 5.91 Å². The van der Waals surface area contributed by atoms with Crippen molar-refractivity contribution >= 4 is 29.3 Å². The molecule has 0 aliphatic carbocycles. The summed E-state index contributed by atoms with van der Waals surface area (Å²) < 4.78 is 0. The highest BCUT2D eigenvalue weighted by Gasteiger charge is 2.17. The minimum absolute atomic E-state index is 0.0826. The van der Waals surface area contributed by atoms with Gasteiger partial charge in [-0.25, -0.2) is 0 Å². The van der Waals surface area contributed by atoms with E-state index in [0.29, 0.717) is 5.75 Å². The van der Waals surface area contributed by atoms with E-state index >= 15 is 0 Å². The standard InChI is InChI=1S/C19H22ClNOS/c1-3-14(2)21-18(22)13-23-19(15-7-5-4-6-8-15)16-9-11-17(20)12-10-16/h4-12,14,19H,3,13H2,1-2H3,(H,21,22)/t14-,19-/m0/s1. The van der Waals surface area contributed by atoms with Gasteiger partial charge < -0.3 is 5.32 Å². The van der Waals surface area contributed by atoms with Crippen LogP contribution in [-0.4, -0.2) is 17.7 Å². The Balaban J connectivity index is 2.12. The molecule has 0 aromatic heterocycles. The van der Waals surface area contributed by atoms with Crippen molar-refractivity contribution in [2.75, 3.05) is 5.75 Å². The van der Waals surface area contributed by atoms with Crippen LogP contribution in [0.25, 0.3) is 0 Å². The van der Waals surface area contributed by atoms with E-state index in [1.165, 1.54) is 5.56 Å². The molecule has 2 nitrogen and oxygen atoms in total. The number of amides is 1. The Hall–Kier alpha value is -1.45. The van der Waals surface area contributed by atoms with Crippen LogP contribution in [0, 0.1) is 0 Å². The Kier molecular flexibility index (Phi) is 7.00. The summed E-state index contributed by atoms with van der Waals surface area (Å²) in [6.45, 7) is 4.09. The fraction of sp³-hybridized carbons (Fsp3) is 0.316. The molecule has 0 aliphatic heterocycles. The molecule has 2 atom stereocenters. The van der Waals surface area contributed by atoms with Crippen LogP contribution in [0.1, 0.15) is 36.6 Å². The number of carbonyl (C=O) groups is 1. The van der Waals surface area contributed by atoms with Crippen LogP contribution in [-0.2, 0) is 4.79 Å². The lowest BCUT2D eigenvalue weighted by atomic mass is 10.0. The van der Waals surface area contributed by atoms with Crippen LogP contribution in [0.15, 0.2) is 54.6 Å². The number of benzene rings is 2. The molecule has 0 saturated carbocycles. The van der Waals surface area contributed by atoms with E-state index in [0.717, 1.165) is 17.0 Å². The predicted molar refractivity (Wildman–Crippen MR) is 100 cm³/mol. The normalized spacial score (nSPS) is 13.3. The summed E-state index contributed by atoms with van der Waals surface area (Å²) >= 11 is 7.63. The maximum atomic E-state index is 12.1. The van der Waals surface area contributed by atoms with Gasteiger partial charge in [-0.05, 0) is 36.6 Å². The second-order valence-corrected chi connectivity index (χ2v) is 7.06. The van der Waals surface area contributed by atoms with Gasteiger partial charge in [0.1, 0.15) is 0 Å². The number of thioether (sulfide) groups is 1. The summed E-state index contributed by atoms with van der Waals surface area (Å²) in [5.41, 5.74) is 2.35. The first-order valence-corrected chi connectivity index (χ1v) is 9.24. The number of carbonyl (C=O) groups excluding carboxylic acids is 1. The van der Waals surface area contributed by atoms with Gasteiger partial charge in [0.25, 0.3) is 0 Å². The van der Waals surface area contributed by atoms with Gasteiger partial charge in [0.05, 0.1) is 11.0 Å². The van der Waals surface area contributed by atoms with Crippen molar-refractivity contribution in [1.29, 1.82) is 0 Å². The topological polar surface area (TPSA) is 29.1 Å². The van der Waals surface area contributed by atoms with E-state index in [-0.39, 0.29) is 17.2 Å². The molecular weight excluding hydrogens is 326 g/mol. The zero-order valence-corrected chi connectivity index (χ0v) is 15.0. The minimum atomic E-state index is 0.0826. The molecule has 23 heavy (non-hydrogen) atoms. The molecule has 4 heteroatoms. The van der Waals surface area contributed by atoms with E-state index in [1.54, 1.807) is 11.8 Å². The van der Waals surface area contributed by atoms with Crippen LogP contribution < -0.4 is 5.32 Å². The number of halogens is 1. The van der Waals surface area contributed by atoms with Gasteiger partial charge in [-0.15, -0.1) is 11.8 Å². The van der Waals surface area contributed by atoms with Gasteiger partial charge in [0, 0.05) is 11.1 Å². The molecule has 0 aliphatic rings. The molecule has 0 heterocycles. The average Bonchev–Trinajstić information content (AvgIpc) is 2.57. The quantitative estimate of drug-likeness (QED) is 0.756. The Morgan fingerprint density at radius 2 is 1.70 bits per heavy atom. The van der Waals surface area contributed by atoms with E-state index in [4.69, 9.17) is 11.6 Å². The Bertz CT molecular complexity index is 615. The zero-order valence-electron chi connectivity index (χ0n) is 13.5. The SMILES string of the molecule is CC[C@H](C)NC(=O)CS[C@@H](c1ccccc1)c1ccc(Cl)cc1. The molecule has 2 aromatic rings. The fourth-order valence-corrected chi connectivity index (χ4v) is 3.45. The molecule has 0 bridgehead atoms. The number of nitrogens with one attached hydrogen (secondary N) is 1. The van der Waals surface area contributed by atoms with Crippen LogP contribution >= 0.6 is 23.4 Å². The van der Waals surface area contributed by atoms with E-state index in [9.17, 15) is 4.79 Å². The van der Waals surface area contributed by atoms with Crippen molar-refractivity contribution in [3.05, 3.63) is 70.7 Å². The van der Waals surface area contributed by atoms with Crippen molar-refractivity contribution in [3.8, 4) is 0 Å². The van der Waals surface area contributed by atoms with Crippen molar-refractivity contribution in [2.45, 2.75) is 31.6 Å². The lowest BCUT2D eigenvalue weighted by Gasteiger charge is -2.18. The van der Waals surface area contributed by atoms with Gasteiger partial charge in [0.15, 0.2) is 0 Å². The van der Waals surface area contributed by atoms with Crippen LogP contribution in [0.3, 0.4) is 0 Å². The Morgan fingerprint density at radius 3 is 2.30 bits per heavy atom. The van der Waals surface area contributed by atoms with Gasteiger partial charge in [-0.2, -0.15) is 0 Å². The minimum Gasteiger partial charge on any atom is -0.353 e. The summed E-state index contributed by atoms with van der Waals surface area (Å²) in [5.74, 6) is 0.520. The Morgan fingerprint density at radius 1 is 1.09 bits per heavy atom. The third-order valence-corrected chi connectivity index (χ3v) is 5.23. The third-order valence-electron chi connectivity index (χ3n) is 3.68. The highest BCUT2D eigenvalue weighted by Crippen LogP contribution is 2.35. The van der Waals surface area contributed by atoms with Crippen molar-refractivity contribution < 1.29 is 4.79 Å². The molecule has 0 saturated heterocycles. The molecule has 2 aromatic carbocycles. The lowest BCUT2D eigenvalue weighted by molar-refractivity contribution is -0.119. The molecule has 0 spiro atoms. The summed E-state index contributed by atoms with van der Waals surface area (Å²) in [6, 6.07) is 18.3. The molecule has 1 amide bonds. The summed E-state index contributed by atoms with van der Waals surface area (Å²) in [7, 11) is 0. The van der Waals surface area contributed by atoms with Gasteiger partial charge in [-0.1, -0.05) is 61.0 Å². The molecule has 1 N–H and O–H groups in total. The maximum absolute atomic E-state index is 12.1. The third kappa shape index (κ3) is 5.60. The predicted octanol–water partition coefficient (Wildman–Crippen LogP) is 5.08. The second kappa shape index (κ2) is 8.99. The van der Waals surface area contributed by atoms with Crippen LogP contribution in [0.5, 0.6) is 0 Å². The lowest BCUT2D eigenvalue weighted by Crippen LogP contribution is -2.33. The smallest absolute Gasteiger partial charge is 0.230 e. The molecular formula is C19H22ClNOS. The van der Waals surface area contributed by atoms with Crippen molar-refractivity contribution in [3.63, 3.8) is 0 Å². The molecule has 122 valence electrons. The first-order valence-electron chi connectivity index (χ1n) is 7.81. The van der Waals surface area contributed by atoms with E-state index in [1.807, 2.05) is 49.4 Å². The summed E-state index contributed by atoms with van der Waals surface area (Å²) in [5, 5.41) is 3.86. The second-order valence-electron chi connectivity index (χ2n) is 5.53. The van der Waals surface area contributed by atoms with E-state index < -0.39 is 0 Å². The van der Waals surface area contributed by atoms with Crippen molar-refractivity contribution in [2.24, 2.45) is 0 Å². The Labute approximate surface area is 147 Å². The summed E-state index contributed by atoms with van der Waals surface area (Å²) in [4.78, 5) is 12.1. The molecule has 0 fully saturated rings. The highest BCUT2D eigenvalue weighted by atomic mass is 35.5. The molecule has 0 radical (unpaired) electrons. The highest BCUT2D eigenvalue weighted by molar-refractivity contribution is 8.00. The number of hydrogen-bond donors (Lipinski definition) is 1. The maximum Gasteiger partial charge on any atom is 0.230 e. The summed E-state index contributed by atoms with van der Waals surface area (Å²) in [6.07, 6.45) is 0.940. The molecule has 2 rings (SSSR count).